The highest BCUT2D eigenvalue weighted by Crippen LogP contribution is 2.29. The lowest BCUT2D eigenvalue weighted by atomic mass is 10.1. The van der Waals surface area contributed by atoms with Gasteiger partial charge in [-0.25, -0.2) is 13.2 Å². The van der Waals surface area contributed by atoms with Crippen molar-refractivity contribution in [2.24, 2.45) is 0 Å². The van der Waals surface area contributed by atoms with E-state index in [4.69, 9.17) is 9.47 Å². The van der Waals surface area contributed by atoms with Gasteiger partial charge in [0.1, 0.15) is 12.2 Å². The van der Waals surface area contributed by atoms with Crippen molar-refractivity contribution in [1.29, 1.82) is 0 Å². The van der Waals surface area contributed by atoms with E-state index >= 15 is 0 Å². The van der Waals surface area contributed by atoms with Gasteiger partial charge in [0.2, 0.25) is 5.91 Å². The summed E-state index contributed by atoms with van der Waals surface area (Å²) < 4.78 is 34.6. The third-order valence-electron chi connectivity index (χ3n) is 4.57. The lowest BCUT2D eigenvalue weighted by molar-refractivity contribution is -0.123. The number of carbonyl (C=O) groups is 2. The molecule has 2 aliphatic heterocycles. The molecule has 2 aliphatic rings. The molecule has 158 valence electrons. The Morgan fingerprint density at radius 2 is 1.90 bits per heavy atom. The number of nitrogens with one attached hydrogen (secondary N) is 1. The first-order chi connectivity index (χ1) is 13.5. The van der Waals surface area contributed by atoms with Gasteiger partial charge < -0.3 is 19.7 Å². The number of likely N-dealkylation sites (tertiary alicyclic amines) is 1. The van der Waals surface area contributed by atoms with E-state index in [1.165, 1.54) is 12.1 Å². The van der Waals surface area contributed by atoms with Crippen LogP contribution in [0.4, 0.5) is 10.5 Å². The molecule has 8 nitrogen and oxygen atoms in total. The van der Waals surface area contributed by atoms with E-state index in [9.17, 15) is 18.0 Å². The zero-order valence-electron chi connectivity index (χ0n) is 16.8. The topological polar surface area (TPSA) is 102 Å². The van der Waals surface area contributed by atoms with Crippen LogP contribution in [0.3, 0.4) is 0 Å². The van der Waals surface area contributed by atoms with Crippen molar-refractivity contribution in [1.82, 2.24) is 4.90 Å². The van der Waals surface area contributed by atoms with Gasteiger partial charge in [-0.3, -0.25) is 4.79 Å². The average molecular weight is 423 g/mol. The van der Waals surface area contributed by atoms with Crippen LogP contribution in [0.5, 0.6) is 0 Å². The minimum absolute atomic E-state index is 0.104. The fourth-order valence-electron chi connectivity index (χ4n) is 3.17. The predicted octanol–water partition coefficient (Wildman–Crippen LogP) is 2.80. The van der Waals surface area contributed by atoms with Crippen LogP contribution in [0.25, 0.3) is 6.08 Å². The summed E-state index contributed by atoms with van der Waals surface area (Å²) in [5, 5.41) is 3.86. The highest BCUT2D eigenvalue weighted by atomic mass is 32.2. The van der Waals surface area contributed by atoms with Gasteiger partial charge in [0.15, 0.2) is 9.84 Å². The van der Waals surface area contributed by atoms with Gasteiger partial charge in [-0.15, -0.1) is 0 Å². The smallest absolute Gasteiger partial charge is 0.410 e. The molecule has 1 saturated heterocycles. The Labute approximate surface area is 170 Å². The van der Waals surface area contributed by atoms with Crippen molar-refractivity contribution >= 4 is 33.6 Å². The molecule has 0 radical (unpaired) electrons. The van der Waals surface area contributed by atoms with E-state index in [1.54, 1.807) is 17.0 Å². The summed E-state index contributed by atoms with van der Waals surface area (Å²) in [7, 11) is -3.35. The monoisotopic (exact) mass is 422 g/mol. The van der Waals surface area contributed by atoms with E-state index in [0.717, 1.165) is 5.41 Å². The molecule has 0 aromatic heterocycles. The molecule has 0 spiro atoms. The van der Waals surface area contributed by atoms with Crippen molar-refractivity contribution in [3.63, 3.8) is 0 Å². The minimum atomic E-state index is -3.35. The molecule has 1 aromatic carbocycles. The number of ether oxygens (including phenoxy) is 2. The number of piperidine rings is 1. The van der Waals surface area contributed by atoms with Crippen molar-refractivity contribution in [2.75, 3.05) is 25.0 Å². The highest BCUT2D eigenvalue weighted by Gasteiger charge is 2.27. The molecule has 3 rings (SSSR count). The van der Waals surface area contributed by atoms with Gasteiger partial charge in [-0.2, -0.15) is 0 Å². The second kappa shape index (κ2) is 8.16. The summed E-state index contributed by atoms with van der Waals surface area (Å²) in [6.45, 7) is 6.42. The number of benzene rings is 1. The molecular weight excluding hydrogens is 396 g/mol. The third-order valence-corrected chi connectivity index (χ3v) is 6.05. The van der Waals surface area contributed by atoms with E-state index in [-0.39, 0.29) is 29.6 Å². The summed E-state index contributed by atoms with van der Waals surface area (Å²) in [6.07, 6.45) is 2.34. The summed E-state index contributed by atoms with van der Waals surface area (Å²) in [6, 6.07) is 4.65. The zero-order valence-corrected chi connectivity index (χ0v) is 17.6. The van der Waals surface area contributed by atoms with Crippen LogP contribution in [0.1, 0.15) is 39.2 Å². The molecule has 29 heavy (non-hydrogen) atoms. The molecule has 0 unspecified atom stereocenters. The number of hydrogen-bond acceptors (Lipinski definition) is 6. The fourth-order valence-corrected chi connectivity index (χ4v) is 4.36. The van der Waals surface area contributed by atoms with Crippen LogP contribution in [0, 0.1) is 0 Å². The summed E-state index contributed by atoms with van der Waals surface area (Å²) in [5.41, 5.74) is 0.539. The molecule has 2 heterocycles. The van der Waals surface area contributed by atoms with Crippen LogP contribution in [0.2, 0.25) is 0 Å². The maximum absolute atomic E-state index is 12.2. The van der Waals surface area contributed by atoms with Gasteiger partial charge >= 0.3 is 6.09 Å². The number of nitrogens with zero attached hydrogens (tertiary/aromatic N) is 1. The molecule has 0 bridgehead atoms. The Balaban J connectivity index is 1.43. The van der Waals surface area contributed by atoms with Crippen LogP contribution < -0.4 is 5.32 Å². The van der Waals surface area contributed by atoms with E-state index < -0.39 is 15.4 Å². The second-order valence-electron chi connectivity index (χ2n) is 8.13. The van der Waals surface area contributed by atoms with Gasteiger partial charge in [0.05, 0.1) is 11.0 Å². The number of rotatable bonds is 4. The lowest BCUT2D eigenvalue weighted by Gasteiger charge is -2.33. The average Bonchev–Trinajstić information content (AvgIpc) is 2.93. The molecule has 1 aromatic rings. The standard InChI is InChI=1S/C20H26N2O6S/c1-20(2,3)28-19(24)22-9-6-16(7-10-22)27-13-18(23)21-15-4-5-17-14(12-15)8-11-29(17,25)26/h4-5,8,11-12,16H,6-7,9-10,13H2,1-3H3,(H,21,23). The van der Waals surface area contributed by atoms with Crippen molar-refractivity contribution < 1.29 is 27.5 Å². The third kappa shape index (κ3) is 5.57. The summed E-state index contributed by atoms with van der Waals surface area (Å²) in [5.74, 6) is -0.315. The van der Waals surface area contributed by atoms with Gasteiger partial charge in [0.25, 0.3) is 0 Å². The van der Waals surface area contributed by atoms with Crippen LogP contribution >= 0.6 is 0 Å². The van der Waals surface area contributed by atoms with Gasteiger partial charge in [-0.05, 0) is 63.5 Å². The molecule has 0 atom stereocenters. The number of anilines is 1. The van der Waals surface area contributed by atoms with Crippen LogP contribution in [-0.4, -0.2) is 56.7 Å². The highest BCUT2D eigenvalue weighted by molar-refractivity contribution is 7.94. The zero-order chi connectivity index (χ0) is 21.2. The Hall–Kier alpha value is -2.39. The van der Waals surface area contributed by atoms with Crippen LogP contribution in [-0.2, 0) is 24.1 Å². The number of carbonyl (C=O) groups excluding carboxylic acids is 2. The Morgan fingerprint density at radius 3 is 2.55 bits per heavy atom. The van der Waals surface area contributed by atoms with Gasteiger partial charge in [0, 0.05) is 24.2 Å². The maximum atomic E-state index is 12.2. The van der Waals surface area contributed by atoms with Crippen LogP contribution in [0.15, 0.2) is 28.5 Å². The first-order valence-electron chi connectivity index (χ1n) is 9.50. The fraction of sp³-hybridized carbons (Fsp3) is 0.500. The van der Waals surface area contributed by atoms with Crippen molar-refractivity contribution in [2.45, 2.75) is 50.2 Å². The molecule has 9 heteroatoms. The van der Waals surface area contributed by atoms with Crippen molar-refractivity contribution in [3.05, 3.63) is 29.2 Å². The number of hydrogen-bond donors (Lipinski definition) is 1. The minimum Gasteiger partial charge on any atom is -0.444 e. The van der Waals surface area contributed by atoms with E-state index in [2.05, 4.69) is 5.32 Å². The lowest BCUT2D eigenvalue weighted by Crippen LogP contribution is -2.43. The quantitative estimate of drug-likeness (QED) is 0.801. The molecule has 0 aliphatic carbocycles. The van der Waals surface area contributed by atoms with E-state index in [0.29, 0.717) is 37.2 Å². The van der Waals surface area contributed by atoms with Crippen molar-refractivity contribution in [3.8, 4) is 0 Å². The second-order valence-corrected chi connectivity index (χ2v) is 9.93. The van der Waals surface area contributed by atoms with E-state index in [1.807, 2.05) is 20.8 Å². The molecular formula is C20H26N2O6S. The SMILES string of the molecule is CC(C)(C)OC(=O)N1CCC(OCC(=O)Nc2ccc3c(c2)C=CS3(=O)=O)CC1. The van der Waals surface area contributed by atoms with Gasteiger partial charge in [-0.1, -0.05) is 0 Å². The molecule has 1 fully saturated rings. The first kappa shape index (κ1) is 21.3. The normalized spacial score (nSPS) is 18.4. The molecule has 0 saturated carbocycles. The molecule has 1 N–H and O–H groups in total. The Kier molecular flexibility index (Phi) is 6.00. The first-order valence-corrected chi connectivity index (χ1v) is 11.0. The Morgan fingerprint density at radius 1 is 1.21 bits per heavy atom. The largest absolute Gasteiger partial charge is 0.444 e. The number of amides is 2. The maximum Gasteiger partial charge on any atom is 0.410 e. The number of sulfone groups is 1. The predicted molar refractivity (Wildman–Crippen MR) is 108 cm³/mol. The molecule has 2 amide bonds. The number of fused-ring (bicyclic) bond motifs is 1. The Bertz CT molecular complexity index is 925. The summed E-state index contributed by atoms with van der Waals surface area (Å²) >= 11 is 0. The summed E-state index contributed by atoms with van der Waals surface area (Å²) in [4.78, 5) is 26.1.